The third-order valence-electron chi connectivity index (χ3n) is 5.08. The van der Waals surface area contributed by atoms with E-state index < -0.39 is 11.6 Å². The van der Waals surface area contributed by atoms with Crippen molar-refractivity contribution >= 4 is 37.8 Å². The zero-order valence-corrected chi connectivity index (χ0v) is 19.1. The number of phenolic OH excluding ortho intramolecular Hbond substituents is 2. The maximum atomic E-state index is 12.8. The number of cyclic esters (lactones) is 1. The molecule has 0 amide bonds. The fraction of sp³-hybridized carbons (Fsp3) is 0.136. The molecule has 0 spiro atoms. The molecule has 0 aromatic heterocycles. The van der Waals surface area contributed by atoms with Gasteiger partial charge >= 0.3 is 5.97 Å². The number of methoxy groups -OCH3 is 2. The van der Waals surface area contributed by atoms with Gasteiger partial charge in [-0.2, -0.15) is 0 Å². The monoisotopic (exact) mass is 534 g/mol. The lowest BCUT2D eigenvalue weighted by Crippen LogP contribution is -2.29. The first-order valence-electron chi connectivity index (χ1n) is 8.80. The highest BCUT2D eigenvalue weighted by Gasteiger charge is 2.49. The second-order valence-corrected chi connectivity index (χ2v) is 8.34. The third kappa shape index (κ3) is 2.94. The molecule has 0 bridgehead atoms. The lowest BCUT2D eigenvalue weighted by molar-refractivity contribution is 0.0249. The van der Waals surface area contributed by atoms with Crippen molar-refractivity contribution in [2.24, 2.45) is 0 Å². The van der Waals surface area contributed by atoms with Crippen LogP contribution >= 0.6 is 31.9 Å². The van der Waals surface area contributed by atoms with Crippen LogP contribution in [-0.2, 0) is 10.3 Å². The highest BCUT2D eigenvalue weighted by Crippen LogP contribution is 2.52. The topological polar surface area (TPSA) is 85.2 Å². The summed E-state index contributed by atoms with van der Waals surface area (Å²) in [4.78, 5) is 12.8. The first-order valence-corrected chi connectivity index (χ1v) is 10.4. The van der Waals surface area contributed by atoms with Gasteiger partial charge in [0.05, 0.1) is 28.7 Å². The average molecular weight is 536 g/mol. The van der Waals surface area contributed by atoms with Gasteiger partial charge in [0.15, 0.2) is 28.6 Å². The number of ether oxygens (including phenoxy) is 3. The number of fused-ring (bicyclic) bond motifs is 1. The van der Waals surface area contributed by atoms with E-state index in [4.69, 9.17) is 14.2 Å². The number of phenols is 2. The Kier molecular flexibility index (Phi) is 5.15. The lowest BCUT2D eigenvalue weighted by Gasteiger charge is -2.31. The fourth-order valence-corrected chi connectivity index (χ4v) is 4.56. The van der Waals surface area contributed by atoms with Crippen LogP contribution in [0.2, 0.25) is 0 Å². The molecule has 2 N–H and O–H groups in total. The second-order valence-electron chi connectivity index (χ2n) is 6.63. The zero-order valence-electron chi connectivity index (χ0n) is 15.9. The van der Waals surface area contributed by atoms with Gasteiger partial charge in [0.1, 0.15) is 0 Å². The number of aromatic hydroxyl groups is 2. The minimum atomic E-state index is -1.36. The van der Waals surface area contributed by atoms with Crippen molar-refractivity contribution in [2.45, 2.75) is 5.60 Å². The molecule has 0 radical (unpaired) electrons. The predicted molar refractivity (Wildman–Crippen MR) is 116 cm³/mol. The van der Waals surface area contributed by atoms with Crippen molar-refractivity contribution < 1.29 is 29.2 Å². The molecule has 0 unspecified atom stereocenters. The normalized spacial score (nSPS) is 14.2. The Morgan fingerprint density at radius 1 is 0.867 bits per heavy atom. The molecule has 154 valence electrons. The van der Waals surface area contributed by atoms with Crippen LogP contribution in [0.5, 0.6) is 23.0 Å². The first-order chi connectivity index (χ1) is 14.3. The van der Waals surface area contributed by atoms with Gasteiger partial charge in [-0.25, -0.2) is 4.79 Å². The highest BCUT2D eigenvalue weighted by atomic mass is 79.9. The number of hydrogen-bond donors (Lipinski definition) is 2. The summed E-state index contributed by atoms with van der Waals surface area (Å²) in [6, 6.07) is 13.6. The van der Waals surface area contributed by atoms with Gasteiger partial charge in [-0.15, -0.1) is 0 Å². The van der Waals surface area contributed by atoms with E-state index in [1.165, 1.54) is 14.2 Å². The summed E-state index contributed by atoms with van der Waals surface area (Å²) in [5.74, 6) is -0.207. The van der Waals surface area contributed by atoms with Gasteiger partial charge < -0.3 is 24.4 Å². The molecule has 8 heteroatoms. The molecule has 0 fully saturated rings. The molecule has 4 rings (SSSR count). The maximum Gasteiger partial charge on any atom is 0.340 e. The fourth-order valence-electron chi connectivity index (χ4n) is 3.68. The molecule has 0 saturated heterocycles. The summed E-state index contributed by atoms with van der Waals surface area (Å²) in [5, 5.41) is 20.6. The van der Waals surface area contributed by atoms with E-state index in [2.05, 4.69) is 31.9 Å². The molecule has 3 aromatic rings. The molecule has 6 nitrogen and oxygen atoms in total. The van der Waals surface area contributed by atoms with Gasteiger partial charge in [-0.1, -0.05) is 18.2 Å². The molecule has 30 heavy (non-hydrogen) atoms. The molecule has 1 heterocycles. The molecule has 1 aliphatic rings. The lowest BCUT2D eigenvalue weighted by atomic mass is 9.79. The van der Waals surface area contributed by atoms with E-state index in [-0.39, 0.29) is 23.0 Å². The predicted octanol–water partition coefficient (Wildman–Crippen LogP) is 5.10. The first kappa shape index (κ1) is 20.6. The van der Waals surface area contributed by atoms with E-state index in [1.807, 2.05) is 6.07 Å². The largest absolute Gasteiger partial charge is 0.503 e. The van der Waals surface area contributed by atoms with Gasteiger partial charge in [-0.05, 0) is 62.2 Å². The zero-order chi connectivity index (χ0) is 21.6. The molecule has 3 aromatic carbocycles. The standard InChI is InChI=1S/C22H16Br2O6/c1-28-17-9-11(7-15(23)19(17)25)22(12-8-16(24)20(26)18(10-12)29-2)14-6-4-3-5-13(14)21(27)30-22/h3-10,25-26H,1-2H3. The van der Waals surface area contributed by atoms with Crippen molar-refractivity contribution in [3.05, 3.63) is 79.7 Å². The van der Waals surface area contributed by atoms with Crippen LogP contribution in [0.3, 0.4) is 0 Å². The van der Waals surface area contributed by atoms with Crippen LogP contribution in [0.25, 0.3) is 0 Å². The van der Waals surface area contributed by atoms with Crippen molar-refractivity contribution in [3.8, 4) is 23.0 Å². The van der Waals surface area contributed by atoms with Crippen LogP contribution in [0, 0.1) is 0 Å². The molecular formula is C22H16Br2O6. The van der Waals surface area contributed by atoms with Gasteiger partial charge in [0, 0.05) is 16.7 Å². The molecule has 0 aliphatic carbocycles. The summed E-state index contributed by atoms with van der Waals surface area (Å²) in [7, 11) is 2.87. The number of halogens is 2. The Balaban J connectivity index is 2.11. The van der Waals surface area contributed by atoms with E-state index in [0.29, 0.717) is 31.2 Å². The van der Waals surface area contributed by atoms with Crippen molar-refractivity contribution in [3.63, 3.8) is 0 Å². The summed E-state index contributed by atoms with van der Waals surface area (Å²) in [5.41, 5.74) is 0.766. The number of carbonyl (C=O) groups is 1. The van der Waals surface area contributed by atoms with Crippen LogP contribution in [0.15, 0.2) is 57.5 Å². The van der Waals surface area contributed by atoms with Crippen LogP contribution in [-0.4, -0.2) is 30.4 Å². The minimum Gasteiger partial charge on any atom is -0.503 e. The smallest absolute Gasteiger partial charge is 0.340 e. The Labute approximate surface area is 189 Å². The summed E-state index contributed by atoms with van der Waals surface area (Å²) in [6.07, 6.45) is 0. The Morgan fingerprint density at radius 2 is 1.37 bits per heavy atom. The number of hydrogen-bond acceptors (Lipinski definition) is 6. The number of carbonyl (C=O) groups excluding carboxylic acids is 1. The number of rotatable bonds is 4. The van der Waals surface area contributed by atoms with Gasteiger partial charge in [-0.3, -0.25) is 0 Å². The molecule has 1 aliphatic heterocycles. The Bertz CT molecular complexity index is 1120. The third-order valence-corrected chi connectivity index (χ3v) is 6.29. The van der Waals surface area contributed by atoms with Crippen LogP contribution < -0.4 is 9.47 Å². The van der Waals surface area contributed by atoms with Gasteiger partial charge in [0.25, 0.3) is 0 Å². The maximum absolute atomic E-state index is 12.8. The minimum absolute atomic E-state index is 0.0709. The summed E-state index contributed by atoms with van der Waals surface area (Å²) >= 11 is 6.69. The van der Waals surface area contributed by atoms with Crippen molar-refractivity contribution in [1.82, 2.24) is 0 Å². The van der Waals surface area contributed by atoms with Crippen molar-refractivity contribution in [1.29, 1.82) is 0 Å². The van der Waals surface area contributed by atoms with Gasteiger partial charge in [0.2, 0.25) is 0 Å². The Hall–Kier alpha value is -2.71. The SMILES string of the molecule is COc1cc(C2(c3cc(Br)c(O)c(OC)c3)OC(=O)c3ccccc32)cc(Br)c1O. The average Bonchev–Trinajstić information content (AvgIpc) is 3.05. The van der Waals surface area contributed by atoms with E-state index >= 15 is 0 Å². The number of esters is 1. The Morgan fingerprint density at radius 3 is 1.87 bits per heavy atom. The van der Waals surface area contributed by atoms with E-state index in [9.17, 15) is 15.0 Å². The molecule has 0 saturated carbocycles. The highest BCUT2D eigenvalue weighted by molar-refractivity contribution is 9.10. The van der Waals surface area contributed by atoms with E-state index in [1.54, 1.807) is 42.5 Å². The molecular weight excluding hydrogens is 520 g/mol. The summed E-state index contributed by atoms with van der Waals surface area (Å²) in [6.45, 7) is 0. The van der Waals surface area contributed by atoms with E-state index in [0.717, 1.165) is 0 Å². The quantitative estimate of drug-likeness (QED) is 0.452. The summed E-state index contributed by atoms with van der Waals surface area (Å²) < 4.78 is 17.4. The molecule has 0 atom stereocenters. The van der Waals surface area contributed by atoms with Crippen molar-refractivity contribution in [2.75, 3.05) is 14.2 Å². The van der Waals surface area contributed by atoms with Crippen LogP contribution in [0.4, 0.5) is 0 Å². The van der Waals surface area contributed by atoms with Crippen LogP contribution in [0.1, 0.15) is 27.0 Å². The number of benzene rings is 3. The second kappa shape index (κ2) is 7.52.